The number of likely N-dealkylation sites (tertiary alicyclic amines) is 1. The Labute approximate surface area is 245 Å². The van der Waals surface area contributed by atoms with E-state index in [4.69, 9.17) is 0 Å². The van der Waals surface area contributed by atoms with Crippen LogP contribution in [0.15, 0.2) is 48.5 Å². The number of benzene rings is 2. The van der Waals surface area contributed by atoms with Crippen LogP contribution in [0.1, 0.15) is 101 Å². The Morgan fingerprint density at radius 3 is 1.80 bits per heavy atom. The Kier molecular flexibility index (Phi) is 9.39. The molecule has 0 aromatic heterocycles. The number of hydrogen-bond acceptors (Lipinski definition) is 2. The van der Waals surface area contributed by atoms with Gasteiger partial charge in [-0.2, -0.15) is 0 Å². The molecule has 6 rings (SSSR count). The van der Waals surface area contributed by atoms with Gasteiger partial charge in [-0.05, 0) is 111 Å². The van der Waals surface area contributed by atoms with E-state index in [9.17, 15) is 13.6 Å². The van der Waals surface area contributed by atoms with Crippen molar-refractivity contribution in [2.45, 2.75) is 95.4 Å². The maximum absolute atomic E-state index is 14.0. The molecule has 5 heteroatoms. The summed E-state index contributed by atoms with van der Waals surface area (Å²) in [7, 11) is 0. The van der Waals surface area contributed by atoms with Crippen molar-refractivity contribution < 1.29 is 13.6 Å². The zero-order valence-electron chi connectivity index (χ0n) is 24.6. The van der Waals surface area contributed by atoms with Gasteiger partial charge in [0.15, 0.2) is 0 Å². The fourth-order valence-electron chi connectivity index (χ4n) is 9.03. The second kappa shape index (κ2) is 13.4. The van der Waals surface area contributed by atoms with Crippen LogP contribution < -0.4 is 5.32 Å². The molecule has 3 atom stereocenters. The number of nitrogens with zero attached hydrogens (tertiary/aromatic N) is 1. The monoisotopic (exact) mass is 562 g/mol. The second-order valence-electron chi connectivity index (χ2n) is 13.6. The quantitative estimate of drug-likeness (QED) is 0.335. The lowest BCUT2D eigenvalue weighted by atomic mass is 9.69. The molecule has 0 spiro atoms. The molecule has 2 aromatic carbocycles. The predicted octanol–water partition coefficient (Wildman–Crippen LogP) is 8.09. The van der Waals surface area contributed by atoms with Crippen molar-refractivity contribution >= 4 is 5.91 Å². The largest absolute Gasteiger partial charge is 0.353 e. The Bertz CT molecular complexity index is 1060. The molecule has 1 heterocycles. The summed E-state index contributed by atoms with van der Waals surface area (Å²) in [6.45, 7) is 3.07. The third-order valence-electron chi connectivity index (χ3n) is 11.2. The molecule has 3 aliphatic carbocycles. The second-order valence-corrected chi connectivity index (χ2v) is 13.6. The summed E-state index contributed by atoms with van der Waals surface area (Å²) in [4.78, 5) is 16.5. The third-order valence-corrected chi connectivity index (χ3v) is 11.2. The average Bonchev–Trinajstić information content (AvgIpc) is 3.57. The first-order chi connectivity index (χ1) is 20.0. The molecule has 222 valence electrons. The molecule has 1 amide bonds. The van der Waals surface area contributed by atoms with Gasteiger partial charge in [0.2, 0.25) is 5.91 Å². The van der Waals surface area contributed by atoms with Crippen molar-refractivity contribution in [2.75, 3.05) is 19.6 Å². The number of halogens is 2. The molecule has 2 unspecified atom stereocenters. The van der Waals surface area contributed by atoms with Crippen molar-refractivity contribution in [3.05, 3.63) is 71.3 Å². The summed E-state index contributed by atoms with van der Waals surface area (Å²) in [5.74, 6) is 2.57. The number of rotatable bonds is 9. The van der Waals surface area contributed by atoms with E-state index in [1.54, 1.807) is 0 Å². The SMILES string of the molecule is O=C(NC1CC[C@H]2CN(CCC(c3ccc(F)cc3)c3ccc(F)cc3)CC12)C(C1CCCCC1)C1CCCCC1. The molecule has 0 radical (unpaired) electrons. The van der Waals surface area contributed by atoms with Gasteiger partial charge in [0.1, 0.15) is 11.6 Å². The van der Waals surface area contributed by atoms with Gasteiger partial charge in [-0.25, -0.2) is 8.78 Å². The summed E-state index contributed by atoms with van der Waals surface area (Å²) in [5, 5.41) is 3.66. The van der Waals surface area contributed by atoms with Crippen LogP contribution in [0.4, 0.5) is 8.78 Å². The highest BCUT2D eigenvalue weighted by Crippen LogP contribution is 2.42. The summed E-state index contributed by atoms with van der Waals surface area (Å²) in [6.07, 6.45) is 16.0. The van der Waals surface area contributed by atoms with Gasteiger partial charge in [-0.15, -0.1) is 0 Å². The van der Waals surface area contributed by atoms with E-state index in [1.165, 1.54) is 94.9 Å². The van der Waals surface area contributed by atoms with Gasteiger partial charge in [0.25, 0.3) is 0 Å². The van der Waals surface area contributed by atoms with E-state index >= 15 is 0 Å². The molecule has 1 aliphatic heterocycles. The fourth-order valence-corrected chi connectivity index (χ4v) is 9.03. The van der Waals surface area contributed by atoms with Crippen LogP contribution in [0.5, 0.6) is 0 Å². The minimum atomic E-state index is -0.235. The van der Waals surface area contributed by atoms with Crippen molar-refractivity contribution in [1.82, 2.24) is 10.2 Å². The van der Waals surface area contributed by atoms with Crippen LogP contribution in [0, 0.1) is 41.2 Å². The van der Waals surface area contributed by atoms with Crippen molar-refractivity contribution in [1.29, 1.82) is 0 Å². The summed E-state index contributed by atoms with van der Waals surface area (Å²) < 4.78 is 27.3. The highest BCUT2D eigenvalue weighted by atomic mass is 19.1. The van der Waals surface area contributed by atoms with Crippen LogP contribution in [-0.2, 0) is 4.79 Å². The Balaban J connectivity index is 1.09. The Morgan fingerprint density at radius 2 is 1.27 bits per heavy atom. The van der Waals surface area contributed by atoms with Crippen LogP contribution in [0.25, 0.3) is 0 Å². The zero-order valence-corrected chi connectivity index (χ0v) is 24.6. The van der Waals surface area contributed by atoms with Crippen LogP contribution in [-0.4, -0.2) is 36.5 Å². The van der Waals surface area contributed by atoms with Gasteiger partial charge >= 0.3 is 0 Å². The van der Waals surface area contributed by atoms with Crippen molar-refractivity contribution in [2.24, 2.45) is 29.6 Å². The molecule has 3 saturated carbocycles. The maximum Gasteiger partial charge on any atom is 0.223 e. The molecular weight excluding hydrogens is 514 g/mol. The van der Waals surface area contributed by atoms with Crippen molar-refractivity contribution in [3.8, 4) is 0 Å². The predicted molar refractivity (Wildman–Crippen MR) is 160 cm³/mol. The number of hydrogen-bond donors (Lipinski definition) is 1. The lowest BCUT2D eigenvalue weighted by Crippen LogP contribution is -2.47. The number of carbonyl (C=O) groups is 1. The number of amides is 1. The van der Waals surface area contributed by atoms with E-state index in [-0.39, 0.29) is 23.5 Å². The molecule has 3 nitrogen and oxygen atoms in total. The zero-order chi connectivity index (χ0) is 28.2. The number of fused-ring (bicyclic) bond motifs is 1. The minimum Gasteiger partial charge on any atom is -0.353 e. The van der Waals surface area contributed by atoms with Crippen LogP contribution >= 0.6 is 0 Å². The smallest absolute Gasteiger partial charge is 0.223 e. The van der Waals surface area contributed by atoms with Gasteiger partial charge in [-0.3, -0.25) is 4.79 Å². The molecule has 41 heavy (non-hydrogen) atoms. The van der Waals surface area contributed by atoms with Gasteiger partial charge < -0.3 is 10.2 Å². The average molecular weight is 563 g/mol. The lowest BCUT2D eigenvalue weighted by molar-refractivity contribution is -0.131. The molecule has 1 N–H and O–H groups in total. The third kappa shape index (κ3) is 6.87. The molecule has 1 saturated heterocycles. The summed E-state index contributed by atoms with van der Waals surface area (Å²) in [6, 6.07) is 13.8. The number of nitrogens with one attached hydrogen (secondary N) is 1. The maximum atomic E-state index is 14.0. The standard InChI is InChI=1S/C36H48F2N2O/c37-30-16-11-25(12-17-30)32(26-13-18-31(38)19-14-26)21-22-40-23-29-15-20-34(33(29)24-40)39-36(41)35(27-7-3-1-4-8-27)28-9-5-2-6-10-28/h11-14,16-19,27-29,32-35H,1-10,15,20-24H2,(H,39,41)/t29-,33?,34?/m0/s1. The highest BCUT2D eigenvalue weighted by Gasteiger charge is 2.45. The van der Waals surface area contributed by atoms with E-state index in [0.29, 0.717) is 35.6 Å². The topological polar surface area (TPSA) is 32.3 Å². The molecule has 2 aromatic rings. The molecule has 0 bridgehead atoms. The first-order valence-corrected chi connectivity index (χ1v) is 16.6. The van der Waals surface area contributed by atoms with Gasteiger partial charge in [-0.1, -0.05) is 62.8 Å². The normalized spacial score (nSPS) is 26.1. The first-order valence-electron chi connectivity index (χ1n) is 16.6. The first kappa shape index (κ1) is 28.8. The van der Waals surface area contributed by atoms with E-state index in [1.807, 2.05) is 24.3 Å². The van der Waals surface area contributed by atoms with Gasteiger partial charge in [0, 0.05) is 31.0 Å². The Morgan fingerprint density at radius 1 is 0.732 bits per heavy atom. The van der Waals surface area contributed by atoms with E-state index in [2.05, 4.69) is 10.2 Å². The van der Waals surface area contributed by atoms with Gasteiger partial charge in [0.05, 0.1) is 0 Å². The van der Waals surface area contributed by atoms with Crippen LogP contribution in [0.2, 0.25) is 0 Å². The fraction of sp³-hybridized carbons (Fsp3) is 0.639. The number of carbonyl (C=O) groups excluding carboxylic acids is 1. The minimum absolute atomic E-state index is 0.0962. The Hall–Kier alpha value is -2.27. The van der Waals surface area contributed by atoms with E-state index < -0.39 is 0 Å². The van der Waals surface area contributed by atoms with Crippen LogP contribution in [0.3, 0.4) is 0 Å². The highest BCUT2D eigenvalue weighted by molar-refractivity contribution is 5.79. The van der Waals surface area contributed by atoms with E-state index in [0.717, 1.165) is 43.6 Å². The molecular formula is C36H48F2N2O. The molecule has 4 fully saturated rings. The summed E-state index contributed by atoms with van der Waals surface area (Å²) in [5.41, 5.74) is 2.14. The van der Waals surface area contributed by atoms with Crippen molar-refractivity contribution in [3.63, 3.8) is 0 Å². The molecule has 4 aliphatic rings. The lowest BCUT2D eigenvalue weighted by Gasteiger charge is -2.38. The summed E-state index contributed by atoms with van der Waals surface area (Å²) >= 11 is 0.